The maximum atomic E-state index is 12.7. The van der Waals surface area contributed by atoms with Crippen molar-refractivity contribution >= 4 is 21.8 Å². The van der Waals surface area contributed by atoms with Crippen LogP contribution in [0, 0.1) is 0 Å². The van der Waals surface area contributed by atoms with Crippen molar-refractivity contribution in [2.24, 2.45) is 0 Å². The van der Waals surface area contributed by atoms with Crippen LogP contribution in [0.15, 0.2) is 53.0 Å². The maximum Gasteiger partial charge on any atom is 0.230 e. The Morgan fingerprint density at radius 3 is 2.22 bits per heavy atom. The Balaban J connectivity index is 1.64. The van der Waals surface area contributed by atoms with Gasteiger partial charge >= 0.3 is 0 Å². The molecule has 2 aromatic rings. The van der Waals surface area contributed by atoms with Gasteiger partial charge in [-0.05, 0) is 42.6 Å². The molecule has 1 fully saturated rings. The van der Waals surface area contributed by atoms with Gasteiger partial charge in [0.25, 0.3) is 0 Å². The number of carbonyl (C=O) groups excluding carboxylic acids is 1. The van der Waals surface area contributed by atoms with Crippen LogP contribution in [0.4, 0.5) is 0 Å². The van der Waals surface area contributed by atoms with Crippen molar-refractivity contribution in [1.29, 1.82) is 0 Å². The summed E-state index contributed by atoms with van der Waals surface area (Å²) in [6, 6.07) is 16.4. The molecule has 2 aromatic carbocycles. The topological polar surface area (TPSA) is 41.1 Å². The summed E-state index contributed by atoms with van der Waals surface area (Å²) in [4.78, 5) is 12.7. The molecule has 0 aromatic heterocycles. The minimum Gasteiger partial charge on any atom is -0.351 e. The third kappa shape index (κ3) is 3.48. The number of carbonyl (C=O) groups is 1. The van der Waals surface area contributed by atoms with E-state index >= 15 is 0 Å². The largest absolute Gasteiger partial charge is 0.351 e. The fourth-order valence-corrected chi connectivity index (χ4v) is 3.59. The highest BCUT2D eigenvalue weighted by Gasteiger charge is 2.51. The van der Waals surface area contributed by atoms with Gasteiger partial charge < -0.3 is 10.6 Å². The van der Waals surface area contributed by atoms with Gasteiger partial charge in [0.15, 0.2) is 0 Å². The molecule has 1 aliphatic rings. The Morgan fingerprint density at radius 2 is 1.65 bits per heavy atom. The lowest BCUT2D eigenvalue weighted by Crippen LogP contribution is -2.34. The molecule has 0 aliphatic heterocycles. The zero-order valence-corrected chi connectivity index (χ0v) is 14.8. The zero-order valence-electron chi connectivity index (χ0n) is 13.2. The Labute approximate surface area is 145 Å². The molecule has 0 saturated heterocycles. The number of amides is 1. The first kappa shape index (κ1) is 16.2. The molecular formula is C19H21BrN2O. The van der Waals surface area contributed by atoms with E-state index in [1.54, 1.807) is 0 Å². The predicted molar refractivity (Wildman–Crippen MR) is 96.1 cm³/mol. The SMILES string of the molecule is CNCc1ccc(CNC(=O)C2(c3ccccc3Br)CC2)cc1. The number of halogens is 1. The van der Waals surface area contributed by atoms with E-state index in [4.69, 9.17) is 0 Å². The smallest absolute Gasteiger partial charge is 0.230 e. The Kier molecular flexibility index (Phi) is 4.83. The minimum atomic E-state index is -0.341. The Bertz CT molecular complexity index is 693. The van der Waals surface area contributed by atoms with Gasteiger partial charge in [0.2, 0.25) is 5.91 Å². The summed E-state index contributed by atoms with van der Waals surface area (Å²) in [5.41, 5.74) is 3.13. The number of hydrogen-bond donors (Lipinski definition) is 2. The number of rotatable bonds is 6. The van der Waals surface area contributed by atoms with Crippen LogP contribution in [0.1, 0.15) is 29.5 Å². The zero-order chi connectivity index (χ0) is 16.3. The molecule has 0 unspecified atom stereocenters. The summed E-state index contributed by atoms with van der Waals surface area (Å²) in [5.74, 6) is 0.128. The van der Waals surface area contributed by atoms with Crippen LogP contribution in [0.2, 0.25) is 0 Å². The Morgan fingerprint density at radius 1 is 1.04 bits per heavy atom. The molecule has 1 saturated carbocycles. The molecule has 0 atom stereocenters. The molecular weight excluding hydrogens is 352 g/mol. The molecule has 0 bridgehead atoms. The summed E-state index contributed by atoms with van der Waals surface area (Å²) in [6.07, 6.45) is 1.84. The summed E-state index contributed by atoms with van der Waals surface area (Å²) >= 11 is 3.57. The molecule has 1 amide bonds. The van der Waals surface area contributed by atoms with Gasteiger partial charge in [-0.2, -0.15) is 0 Å². The minimum absolute atomic E-state index is 0.128. The van der Waals surface area contributed by atoms with E-state index in [1.165, 1.54) is 5.56 Å². The van der Waals surface area contributed by atoms with Gasteiger partial charge in [0.05, 0.1) is 5.41 Å². The van der Waals surface area contributed by atoms with Crippen molar-refractivity contribution in [2.75, 3.05) is 7.05 Å². The number of hydrogen-bond acceptors (Lipinski definition) is 2. The molecule has 0 radical (unpaired) electrons. The summed E-state index contributed by atoms with van der Waals surface area (Å²) in [6.45, 7) is 1.43. The van der Waals surface area contributed by atoms with Crippen molar-refractivity contribution in [3.05, 3.63) is 69.7 Å². The van der Waals surface area contributed by atoms with Gasteiger partial charge in [0, 0.05) is 17.6 Å². The van der Waals surface area contributed by atoms with Crippen LogP contribution >= 0.6 is 15.9 Å². The fraction of sp³-hybridized carbons (Fsp3) is 0.316. The fourth-order valence-electron chi connectivity index (χ4n) is 2.92. The third-order valence-corrected chi connectivity index (χ3v) is 5.12. The number of nitrogens with one attached hydrogen (secondary N) is 2. The van der Waals surface area contributed by atoms with Crippen molar-refractivity contribution in [2.45, 2.75) is 31.3 Å². The summed E-state index contributed by atoms with van der Waals surface area (Å²) < 4.78 is 1.02. The van der Waals surface area contributed by atoms with Gasteiger partial charge in [-0.25, -0.2) is 0 Å². The van der Waals surface area contributed by atoms with Crippen molar-refractivity contribution in [1.82, 2.24) is 10.6 Å². The van der Waals surface area contributed by atoms with Crippen LogP contribution < -0.4 is 10.6 Å². The van der Waals surface area contributed by atoms with E-state index in [0.717, 1.165) is 35.0 Å². The van der Waals surface area contributed by atoms with Crippen molar-refractivity contribution in [3.8, 4) is 0 Å². The number of benzene rings is 2. The summed E-state index contributed by atoms with van der Waals surface area (Å²) in [5, 5.41) is 6.23. The normalized spacial score (nSPS) is 15.2. The first-order chi connectivity index (χ1) is 11.2. The van der Waals surface area contributed by atoms with E-state index in [9.17, 15) is 4.79 Å². The lowest BCUT2D eigenvalue weighted by atomic mass is 9.95. The quantitative estimate of drug-likeness (QED) is 0.814. The van der Waals surface area contributed by atoms with Crippen LogP contribution in [-0.2, 0) is 23.3 Å². The lowest BCUT2D eigenvalue weighted by molar-refractivity contribution is -0.123. The van der Waals surface area contributed by atoms with Crippen molar-refractivity contribution in [3.63, 3.8) is 0 Å². The third-order valence-electron chi connectivity index (χ3n) is 4.43. The van der Waals surface area contributed by atoms with Crippen LogP contribution in [-0.4, -0.2) is 13.0 Å². The highest BCUT2D eigenvalue weighted by molar-refractivity contribution is 9.10. The van der Waals surface area contributed by atoms with E-state index in [0.29, 0.717) is 6.54 Å². The Hall–Kier alpha value is -1.65. The molecule has 2 N–H and O–H groups in total. The van der Waals surface area contributed by atoms with E-state index in [1.807, 2.05) is 31.3 Å². The van der Waals surface area contributed by atoms with E-state index in [-0.39, 0.29) is 11.3 Å². The summed E-state index contributed by atoms with van der Waals surface area (Å²) in [7, 11) is 1.94. The highest BCUT2D eigenvalue weighted by Crippen LogP contribution is 2.50. The molecule has 3 nitrogen and oxygen atoms in total. The molecule has 120 valence electrons. The van der Waals surface area contributed by atoms with Crippen LogP contribution in [0.25, 0.3) is 0 Å². The van der Waals surface area contributed by atoms with Crippen molar-refractivity contribution < 1.29 is 4.79 Å². The molecule has 1 aliphatic carbocycles. The average Bonchev–Trinajstić information content (AvgIpc) is 3.36. The van der Waals surface area contributed by atoms with E-state index < -0.39 is 0 Å². The first-order valence-corrected chi connectivity index (χ1v) is 8.71. The van der Waals surface area contributed by atoms with Gasteiger partial charge in [-0.15, -0.1) is 0 Å². The second-order valence-electron chi connectivity index (χ2n) is 6.09. The van der Waals surface area contributed by atoms with Gasteiger partial charge in [-0.3, -0.25) is 4.79 Å². The second-order valence-corrected chi connectivity index (χ2v) is 6.95. The average molecular weight is 373 g/mol. The molecule has 4 heteroatoms. The van der Waals surface area contributed by atoms with Gasteiger partial charge in [0.1, 0.15) is 0 Å². The molecule has 0 heterocycles. The second kappa shape index (κ2) is 6.85. The predicted octanol–water partition coefficient (Wildman–Crippen LogP) is 3.52. The molecule has 23 heavy (non-hydrogen) atoms. The van der Waals surface area contributed by atoms with Crippen LogP contribution in [0.3, 0.4) is 0 Å². The molecule has 0 spiro atoms. The van der Waals surface area contributed by atoms with Gasteiger partial charge in [-0.1, -0.05) is 58.4 Å². The highest BCUT2D eigenvalue weighted by atomic mass is 79.9. The molecule has 3 rings (SSSR count). The standard InChI is InChI=1S/C19H21BrN2O/c1-21-12-14-6-8-15(9-7-14)13-22-18(23)19(10-11-19)16-4-2-3-5-17(16)20/h2-9,21H,10-13H2,1H3,(H,22,23). The first-order valence-electron chi connectivity index (χ1n) is 7.91. The lowest BCUT2D eigenvalue weighted by Gasteiger charge is -2.17. The van der Waals surface area contributed by atoms with Crippen LogP contribution in [0.5, 0.6) is 0 Å². The van der Waals surface area contributed by atoms with E-state index in [2.05, 4.69) is 50.8 Å². The monoisotopic (exact) mass is 372 g/mol. The maximum absolute atomic E-state index is 12.7.